The fourth-order valence-corrected chi connectivity index (χ4v) is 3.69. The minimum atomic E-state index is 1.19. The first-order chi connectivity index (χ1) is 12.9. The van der Waals surface area contributed by atoms with Gasteiger partial charge >= 0.3 is 0 Å². The number of hydrogen-bond donors (Lipinski definition) is 0. The van der Waals surface area contributed by atoms with Gasteiger partial charge in [-0.15, -0.1) is 0 Å². The summed E-state index contributed by atoms with van der Waals surface area (Å²) in [5.41, 5.74) is 0. The number of rotatable bonds is 22. The topological polar surface area (TPSA) is 0 Å². The van der Waals surface area contributed by atoms with Crippen LogP contribution in [0.1, 0.15) is 142 Å². The van der Waals surface area contributed by atoms with Gasteiger partial charge in [0.1, 0.15) is 0 Å². The molecule has 153 valence electrons. The van der Waals surface area contributed by atoms with Crippen LogP contribution in [0.3, 0.4) is 0 Å². The minimum Gasteiger partial charge on any atom is -0.0845 e. The first kappa shape index (κ1) is 25.5. The normalized spacial score (nSPS) is 11.4. The van der Waals surface area contributed by atoms with Crippen LogP contribution >= 0.6 is 0 Å². The third-order valence-electron chi connectivity index (χ3n) is 5.47. The Labute approximate surface area is 166 Å². The van der Waals surface area contributed by atoms with Crippen molar-refractivity contribution in [2.75, 3.05) is 0 Å². The third kappa shape index (κ3) is 23.5. The average Bonchev–Trinajstić information content (AvgIpc) is 2.66. The summed E-state index contributed by atoms with van der Waals surface area (Å²) in [5, 5.41) is 0. The molecule has 0 saturated heterocycles. The lowest BCUT2D eigenvalue weighted by Crippen LogP contribution is -1.84. The highest BCUT2D eigenvalue weighted by atomic mass is 14.0. The van der Waals surface area contributed by atoms with Gasteiger partial charge in [0.05, 0.1) is 0 Å². The van der Waals surface area contributed by atoms with E-state index in [9.17, 15) is 0 Å². The predicted molar refractivity (Wildman–Crippen MR) is 121 cm³/mol. The van der Waals surface area contributed by atoms with Gasteiger partial charge in [0, 0.05) is 0 Å². The molecular formula is C26H49. The molecule has 0 aromatic rings. The molecule has 0 aromatic carbocycles. The molecule has 0 heterocycles. The maximum absolute atomic E-state index is 5.31. The Morgan fingerprint density at radius 3 is 1.08 bits per heavy atom. The molecule has 0 aliphatic carbocycles. The molecule has 0 atom stereocenters. The first-order valence-electron chi connectivity index (χ1n) is 12.1. The molecule has 0 unspecified atom stereocenters. The number of hydrogen-bond acceptors (Lipinski definition) is 0. The molecule has 0 spiro atoms. The quantitative estimate of drug-likeness (QED) is 0.133. The van der Waals surface area contributed by atoms with Gasteiger partial charge in [-0.25, -0.2) is 0 Å². The van der Waals surface area contributed by atoms with Crippen molar-refractivity contribution >= 4 is 0 Å². The van der Waals surface area contributed by atoms with Crippen molar-refractivity contribution in [2.45, 2.75) is 142 Å². The molecular weight excluding hydrogens is 312 g/mol. The summed E-state index contributed by atoms with van der Waals surface area (Å²) in [4.78, 5) is 0. The smallest absolute Gasteiger partial charge is 0.0348 e. The summed E-state index contributed by atoms with van der Waals surface area (Å²) in [5.74, 6) is 0. The Kier molecular flexibility index (Phi) is 24.0. The summed E-state index contributed by atoms with van der Waals surface area (Å²) in [6.45, 7) is 7.60. The molecule has 0 bridgehead atoms. The zero-order valence-electron chi connectivity index (χ0n) is 18.2. The second-order valence-corrected chi connectivity index (χ2v) is 8.13. The van der Waals surface area contributed by atoms with E-state index in [2.05, 4.69) is 13.0 Å². The van der Waals surface area contributed by atoms with E-state index < -0.39 is 0 Å². The molecule has 0 nitrogen and oxygen atoms in total. The summed E-state index contributed by atoms with van der Waals surface area (Å²) in [7, 11) is 0. The van der Waals surface area contributed by atoms with Crippen molar-refractivity contribution in [3.8, 4) is 0 Å². The predicted octanol–water partition coefficient (Wildman–Crippen LogP) is 9.74. The van der Waals surface area contributed by atoms with E-state index in [0.717, 1.165) is 0 Å². The van der Waals surface area contributed by atoms with Crippen LogP contribution in [-0.2, 0) is 0 Å². The van der Waals surface area contributed by atoms with E-state index in [-0.39, 0.29) is 0 Å². The van der Waals surface area contributed by atoms with Gasteiger partial charge in [-0.3, -0.25) is 0 Å². The van der Waals surface area contributed by atoms with E-state index in [0.29, 0.717) is 0 Å². The minimum absolute atomic E-state index is 1.19. The number of allylic oxidation sites excluding steroid dienone is 3. The summed E-state index contributed by atoms with van der Waals surface area (Å²) < 4.78 is 0. The third-order valence-corrected chi connectivity index (χ3v) is 5.47. The van der Waals surface area contributed by atoms with Gasteiger partial charge in [0.2, 0.25) is 0 Å². The van der Waals surface area contributed by atoms with Crippen LogP contribution < -0.4 is 0 Å². The van der Waals surface area contributed by atoms with Crippen molar-refractivity contribution in [1.82, 2.24) is 0 Å². The van der Waals surface area contributed by atoms with Crippen LogP contribution in [0, 0.1) is 6.58 Å². The van der Waals surface area contributed by atoms with Crippen LogP contribution in [0.5, 0.6) is 0 Å². The monoisotopic (exact) mass is 361 g/mol. The highest BCUT2D eigenvalue weighted by Gasteiger charge is 1.95. The van der Waals surface area contributed by atoms with Crippen LogP contribution in [0.15, 0.2) is 18.2 Å². The van der Waals surface area contributed by atoms with Crippen molar-refractivity contribution in [1.29, 1.82) is 0 Å². The van der Waals surface area contributed by atoms with E-state index in [4.69, 9.17) is 6.58 Å². The lowest BCUT2D eigenvalue weighted by Gasteiger charge is -2.04. The van der Waals surface area contributed by atoms with Crippen LogP contribution in [0.25, 0.3) is 0 Å². The second-order valence-electron chi connectivity index (χ2n) is 8.13. The Morgan fingerprint density at radius 2 is 0.769 bits per heavy atom. The molecule has 0 amide bonds. The van der Waals surface area contributed by atoms with Gasteiger partial charge in [0.25, 0.3) is 0 Å². The Morgan fingerprint density at radius 1 is 0.462 bits per heavy atom. The molecule has 0 aliphatic rings. The summed E-state index contributed by atoms with van der Waals surface area (Å²) >= 11 is 0. The summed E-state index contributed by atoms with van der Waals surface area (Å²) in [6, 6.07) is 0. The van der Waals surface area contributed by atoms with E-state index in [1.54, 1.807) is 6.08 Å². The molecule has 0 N–H and O–H groups in total. The zero-order chi connectivity index (χ0) is 19.0. The van der Waals surface area contributed by atoms with E-state index >= 15 is 0 Å². The van der Waals surface area contributed by atoms with Crippen molar-refractivity contribution in [2.24, 2.45) is 0 Å². The van der Waals surface area contributed by atoms with Crippen LogP contribution in [0.2, 0.25) is 0 Å². The van der Waals surface area contributed by atoms with Crippen LogP contribution in [0.4, 0.5) is 0 Å². The van der Waals surface area contributed by atoms with Gasteiger partial charge < -0.3 is 0 Å². The molecule has 0 aromatic heterocycles. The van der Waals surface area contributed by atoms with E-state index in [1.807, 2.05) is 6.08 Å². The van der Waals surface area contributed by atoms with Gasteiger partial charge in [-0.1, -0.05) is 154 Å². The Bertz CT molecular complexity index is 276. The zero-order valence-corrected chi connectivity index (χ0v) is 18.2. The lowest BCUT2D eigenvalue weighted by atomic mass is 10.0. The van der Waals surface area contributed by atoms with Gasteiger partial charge in [-0.2, -0.15) is 0 Å². The Balaban J connectivity index is 2.99. The highest BCUT2D eigenvalue weighted by Crippen LogP contribution is 2.15. The maximum atomic E-state index is 5.31. The van der Waals surface area contributed by atoms with Crippen molar-refractivity contribution < 1.29 is 0 Å². The molecule has 1 radical (unpaired) electrons. The average molecular weight is 362 g/mol. The molecule has 0 aliphatic heterocycles. The fourth-order valence-electron chi connectivity index (χ4n) is 3.69. The largest absolute Gasteiger partial charge is 0.0845 e. The second kappa shape index (κ2) is 24.5. The standard InChI is InChI=1S/C26H49/c1-3-5-7-9-11-13-15-17-19-21-23-25-26-24-22-20-18-16-14-12-10-8-6-4-2/h1,3,5,7H,4,6,8-26H2,2H3. The van der Waals surface area contributed by atoms with E-state index in [1.165, 1.54) is 135 Å². The summed E-state index contributed by atoms with van der Waals surface area (Å²) in [6.07, 6.45) is 35.9. The maximum Gasteiger partial charge on any atom is -0.0348 e. The molecule has 0 heteroatoms. The molecule has 26 heavy (non-hydrogen) atoms. The molecule has 0 saturated carbocycles. The van der Waals surface area contributed by atoms with Gasteiger partial charge in [0.15, 0.2) is 0 Å². The fraction of sp³-hybridized carbons (Fsp3) is 0.846. The van der Waals surface area contributed by atoms with Crippen LogP contribution in [-0.4, -0.2) is 0 Å². The van der Waals surface area contributed by atoms with Crippen molar-refractivity contribution in [3.63, 3.8) is 0 Å². The molecule has 0 fully saturated rings. The van der Waals surface area contributed by atoms with Crippen molar-refractivity contribution in [3.05, 3.63) is 24.8 Å². The highest BCUT2D eigenvalue weighted by molar-refractivity contribution is 4.95. The Hall–Kier alpha value is -0.520. The lowest BCUT2D eigenvalue weighted by molar-refractivity contribution is 0.522. The number of unbranched alkanes of at least 4 members (excludes halogenated alkanes) is 20. The molecule has 0 rings (SSSR count). The first-order valence-corrected chi connectivity index (χ1v) is 12.1. The van der Waals surface area contributed by atoms with Gasteiger partial charge in [-0.05, 0) is 12.8 Å². The SMILES string of the molecule is [CH]=CC=CCCCCCCCCCCCCCCCCCCCCCC.